The van der Waals surface area contributed by atoms with Gasteiger partial charge in [-0.1, -0.05) is 24.3 Å². The van der Waals surface area contributed by atoms with Crippen molar-refractivity contribution in [3.63, 3.8) is 0 Å². The maximum atomic E-state index is 12.3. The molecule has 9 nitrogen and oxygen atoms in total. The number of nitrogens with one attached hydrogen (secondary N) is 1. The van der Waals surface area contributed by atoms with Crippen molar-refractivity contribution < 1.29 is 23.8 Å². The van der Waals surface area contributed by atoms with Crippen LogP contribution in [0, 0.1) is 11.3 Å². The Labute approximate surface area is 177 Å². The third-order valence-corrected chi connectivity index (χ3v) is 4.30. The van der Waals surface area contributed by atoms with E-state index in [1.54, 1.807) is 36.4 Å². The molecule has 9 heteroatoms. The number of hydrogen-bond acceptors (Lipinski definition) is 7. The second-order valence-corrected chi connectivity index (χ2v) is 6.37. The zero-order valence-corrected chi connectivity index (χ0v) is 16.1. The number of amides is 1. The number of anilines is 1. The second kappa shape index (κ2) is 8.84. The van der Waals surface area contributed by atoms with Crippen molar-refractivity contribution in [2.24, 2.45) is 0 Å². The first-order valence-corrected chi connectivity index (χ1v) is 9.22. The second-order valence-electron chi connectivity index (χ2n) is 6.37. The molecule has 1 amide bonds. The van der Waals surface area contributed by atoms with Crippen LogP contribution in [0.3, 0.4) is 0 Å². The normalized spacial score (nSPS) is 11.8. The Morgan fingerprint density at radius 2 is 2.00 bits per heavy atom. The summed E-state index contributed by atoms with van der Waals surface area (Å²) in [6, 6.07) is 16.2. The number of esters is 1. The number of carbonyl (C=O) groups excluding carboxylic acids is 2. The van der Waals surface area contributed by atoms with Crippen LogP contribution in [0.5, 0.6) is 11.5 Å². The van der Waals surface area contributed by atoms with Crippen LogP contribution >= 0.6 is 0 Å². The minimum atomic E-state index is -0.690. The van der Waals surface area contributed by atoms with Crippen molar-refractivity contribution in [1.82, 2.24) is 9.78 Å². The van der Waals surface area contributed by atoms with E-state index in [9.17, 15) is 14.9 Å². The Morgan fingerprint density at radius 3 is 2.81 bits per heavy atom. The monoisotopic (exact) mass is 416 g/mol. The number of hydrogen-bond donors (Lipinski definition) is 1. The molecule has 0 aliphatic carbocycles. The highest BCUT2D eigenvalue weighted by Gasteiger charge is 2.16. The van der Waals surface area contributed by atoms with Crippen molar-refractivity contribution in [1.29, 1.82) is 5.26 Å². The van der Waals surface area contributed by atoms with E-state index in [1.165, 1.54) is 17.0 Å². The van der Waals surface area contributed by atoms with Crippen LogP contribution in [-0.4, -0.2) is 35.1 Å². The fourth-order valence-electron chi connectivity index (χ4n) is 2.85. The Kier molecular flexibility index (Phi) is 5.62. The summed E-state index contributed by atoms with van der Waals surface area (Å²) < 4.78 is 16.9. The molecular weight excluding hydrogens is 400 g/mol. The number of nitrogens with zero attached hydrogens (tertiary/aromatic N) is 3. The van der Waals surface area contributed by atoms with Crippen molar-refractivity contribution in [3.05, 3.63) is 71.9 Å². The summed E-state index contributed by atoms with van der Waals surface area (Å²) in [5, 5.41) is 16.0. The summed E-state index contributed by atoms with van der Waals surface area (Å²) in [7, 11) is 0. The molecule has 1 aromatic heterocycles. The maximum Gasteiger partial charge on any atom is 0.331 e. The van der Waals surface area contributed by atoms with Crippen LogP contribution in [0.25, 0.3) is 11.8 Å². The molecule has 2 heterocycles. The molecule has 0 atom stereocenters. The number of carbonyl (C=O) groups is 2. The summed E-state index contributed by atoms with van der Waals surface area (Å²) in [5.74, 6) is 0.149. The summed E-state index contributed by atoms with van der Waals surface area (Å²) in [6.07, 6.45) is 4.10. The fourth-order valence-corrected chi connectivity index (χ4v) is 2.85. The number of rotatable bonds is 6. The Hall–Kier alpha value is -4.58. The van der Waals surface area contributed by atoms with Gasteiger partial charge in [0.1, 0.15) is 11.6 Å². The minimum Gasteiger partial charge on any atom is -0.454 e. The van der Waals surface area contributed by atoms with Gasteiger partial charge in [-0.05, 0) is 35.9 Å². The lowest BCUT2D eigenvalue weighted by atomic mass is 10.2. The van der Waals surface area contributed by atoms with Crippen molar-refractivity contribution >= 4 is 23.8 Å². The predicted octanol–water partition coefficient (Wildman–Crippen LogP) is 2.67. The van der Waals surface area contributed by atoms with Crippen molar-refractivity contribution in [2.75, 3.05) is 18.7 Å². The molecule has 0 bridgehead atoms. The van der Waals surface area contributed by atoms with Crippen LogP contribution in [0.4, 0.5) is 5.82 Å². The first-order valence-electron chi connectivity index (χ1n) is 9.22. The summed E-state index contributed by atoms with van der Waals surface area (Å²) in [4.78, 5) is 24.2. The number of para-hydroxylation sites is 1. The van der Waals surface area contributed by atoms with E-state index in [0.717, 1.165) is 5.56 Å². The molecule has 2 aromatic carbocycles. The van der Waals surface area contributed by atoms with Gasteiger partial charge in [0, 0.05) is 6.08 Å². The standard InChI is InChI=1S/C22H16N4O5/c23-11-16-12-24-26(17-4-2-1-3-5-17)22(16)25-20(27)13-29-21(28)9-7-15-6-8-18-19(10-15)31-14-30-18/h1-10,12H,13-14H2,(H,25,27)/b9-7+. The third-order valence-electron chi connectivity index (χ3n) is 4.30. The highest BCUT2D eigenvalue weighted by molar-refractivity contribution is 5.95. The topological polar surface area (TPSA) is 115 Å². The Morgan fingerprint density at radius 1 is 1.19 bits per heavy atom. The molecule has 0 unspecified atom stereocenters. The zero-order valence-electron chi connectivity index (χ0n) is 16.1. The van der Waals surface area contributed by atoms with Crippen LogP contribution in [-0.2, 0) is 14.3 Å². The van der Waals surface area contributed by atoms with Crippen molar-refractivity contribution in [2.45, 2.75) is 0 Å². The molecule has 1 N–H and O–H groups in total. The first kappa shape index (κ1) is 19.7. The molecule has 154 valence electrons. The number of benzene rings is 2. The molecule has 3 aromatic rings. The lowest BCUT2D eigenvalue weighted by molar-refractivity contribution is -0.142. The third kappa shape index (κ3) is 4.54. The van der Waals surface area contributed by atoms with E-state index in [1.807, 2.05) is 24.3 Å². The first-order chi connectivity index (χ1) is 15.1. The van der Waals surface area contributed by atoms with Gasteiger partial charge < -0.3 is 19.5 Å². The molecule has 0 radical (unpaired) electrons. The van der Waals surface area contributed by atoms with Gasteiger partial charge in [0.05, 0.1) is 11.9 Å². The molecular formula is C22H16N4O5. The average molecular weight is 416 g/mol. The molecule has 1 aliphatic rings. The van der Waals surface area contributed by atoms with Crippen LogP contribution in [0.15, 0.2) is 60.8 Å². The van der Waals surface area contributed by atoms with Gasteiger partial charge in [0.15, 0.2) is 23.9 Å². The number of aromatic nitrogens is 2. The van der Waals surface area contributed by atoms with E-state index in [4.69, 9.17) is 14.2 Å². The van der Waals surface area contributed by atoms with Crippen LogP contribution < -0.4 is 14.8 Å². The van der Waals surface area contributed by atoms with Gasteiger partial charge in [0.2, 0.25) is 6.79 Å². The highest BCUT2D eigenvalue weighted by Crippen LogP contribution is 2.32. The number of ether oxygens (including phenoxy) is 3. The van der Waals surface area contributed by atoms with E-state index in [0.29, 0.717) is 17.2 Å². The maximum absolute atomic E-state index is 12.3. The predicted molar refractivity (Wildman–Crippen MR) is 109 cm³/mol. The van der Waals surface area contributed by atoms with Crippen LogP contribution in [0.1, 0.15) is 11.1 Å². The van der Waals surface area contributed by atoms with Crippen LogP contribution in [0.2, 0.25) is 0 Å². The van der Waals surface area contributed by atoms with E-state index in [2.05, 4.69) is 10.4 Å². The number of fused-ring (bicyclic) bond motifs is 1. The molecule has 31 heavy (non-hydrogen) atoms. The SMILES string of the molecule is N#Cc1cnn(-c2ccccc2)c1NC(=O)COC(=O)/C=C/c1ccc2c(c1)OCO2. The minimum absolute atomic E-state index is 0.163. The van der Waals surface area contributed by atoms with Gasteiger partial charge in [-0.15, -0.1) is 0 Å². The largest absolute Gasteiger partial charge is 0.454 e. The molecule has 0 saturated heterocycles. The smallest absolute Gasteiger partial charge is 0.331 e. The molecule has 4 rings (SSSR count). The lowest BCUT2D eigenvalue weighted by Gasteiger charge is -2.09. The highest BCUT2D eigenvalue weighted by atomic mass is 16.7. The van der Waals surface area contributed by atoms with Gasteiger partial charge in [-0.3, -0.25) is 4.79 Å². The molecule has 0 saturated carbocycles. The van der Waals surface area contributed by atoms with Crippen molar-refractivity contribution in [3.8, 4) is 23.3 Å². The fraction of sp³-hybridized carbons (Fsp3) is 0.0909. The molecule has 0 spiro atoms. The van der Waals surface area contributed by atoms with Gasteiger partial charge in [-0.2, -0.15) is 10.4 Å². The van der Waals surface area contributed by atoms with Gasteiger partial charge in [-0.25, -0.2) is 9.48 Å². The van der Waals surface area contributed by atoms with E-state index < -0.39 is 18.5 Å². The molecule has 0 fully saturated rings. The number of nitriles is 1. The van der Waals surface area contributed by atoms with Gasteiger partial charge >= 0.3 is 5.97 Å². The lowest BCUT2D eigenvalue weighted by Crippen LogP contribution is -2.22. The molecule has 1 aliphatic heterocycles. The quantitative estimate of drug-likeness (QED) is 0.485. The summed E-state index contributed by atoms with van der Waals surface area (Å²) >= 11 is 0. The average Bonchev–Trinajstić information content (AvgIpc) is 3.43. The zero-order chi connectivity index (χ0) is 21.6. The van der Waals surface area contributed by atoms with Gasteiger partial charge in [0.25, 0.3) is 5.91 Å². The summed E-state index contributed by atoms with van der Waals surface area (Å²) in [5.41, 5.74) is 1.57. The van der Waals surface area contributed by atoms with E-state index in [-0.39, 0.29) is 18.2 Å². The Balaban J connectivity index is 1.36. The Bertz CT molecular complexity index is 1190. The summed E-state index contributed by atoms with van der Waals surface area (Å²) in [6.45, 7) is -0.356. The van der Waals surface area contributed by atoms with E-state index >= 15 is 0 Å².